The molecule has 2 rings (SSSR count). The van der Waals surface area contributed by atoms with E-state index in [-0.39, 0.29) is 5.69 Å². The highest BCUT2D eigenvalue weighted by Crippen LogP contribution is 2.01. The van der Waals surface area contributed by atoms with E-state index in [1.807, 2.05) is 14.1 Å². The summed E-state index contributed by atoms with van der Waals surface area (Å²) in [7, 11) is 4.00. The Balaban J connectivity index is 2.13. The van der Waals surface area contributed by atoms with Crippen molar-refractivity contribution in [2.75, 3.05) is 32.5 Å². The van der Waals surface area contributed by atoms with Gasteiger partial charge in [-0.25, -0.2) is 9.89 Å². The minimum atomic E-state index is -0.328. The molecule has 0 aliphatic heterocycles. The van der Waals surface area contributed by atoms with Gasteiger partial charge in [-0.15, -0.1) is 5.10 Å². The van der Waals surface area contributed by atoms with Crippen molar-refractivity contribution in [1.82, 2.24) is 24.7 Å². The van der Waals surface area contributed by atoms with Crippen LogP contribution in [0.25, 0.3) is 5.65 Å². The van der Waals surface area contributed by atoms with Crippen molar-refractivity contribution in [1.29, 1.82) is 0 Å². The van der Waals surface area contributed by atoms with E-state index in [4.69, 9.17) is 0 Å². The molecule has 0 saturated carbocycles. The fourth-order valence-corrected chi connectivity index (χ4v) is 1.30. The Morgan fingerprint density at radius 1 is 1.50 bits per heavy atom. The molecule has 0 unspecified atom stereocenters. The fourth-order valence-electron chi connectivity index (χ4n) is 1.30. The van der Waals surface area contributed by atoms with Gasteiger partial charge in [0.15, 0.2) is 5.65 Å². The second-order valence-corrected chi connectivity index (χ2v) is 3.75. The quantitative estimate of drug-likeness (QED) is 0.721. The highest BCUT2D eigenvalue weighted by molar-refractivity contribution is 5.42. The first kappa shape index (κ1) is 10.6. The Bertz CT molecular complexity index is 528. The highest BCUT2D eigenvalue weighted by atomic mass is 16.2. The molecule has 16 heavy (non-hydrogen) atoms. The van der Waals surface area contributed by atoms with Gasteiger partial charge in [-0.2, -0.15) is 9.61 Å². The van der Waals surface area contributed by atoms with Crippen molar-refractivity contribution >= 4 is 11.5 Å². The van der Waals surface area contributed by atoms with Gasteiger partial charge >= 0.3 is 5.69 Å². The zero-order valence-electron chi connectivity index (χ0n) is 9.27. The first-order valence-corrected chi connectivity index (χ1v) is 5.00. The predicted molar refractivity (Wildman–Crippen MR) is 60.7 cm³/mol. The van der Waals surface area contributed by atoms with Crippen molar-refractivity contribution in [2.24, 2.45) is 0 Å². The second kappa shape index (κ2) is 4.31. The Morgan fingerprint density at radius 2 is 2.31 bits per heavy atom. The summed E-state index contributed by atoms with van der Waals surface area (Å²) < 4.78 is 1.23. The van der Waals surface area contributed by atoms with E-state index in [0.29, 0.717) is 11.5 Å². The molecule has 0 spiro atoms. The number of rotatable bonds is 4. The zero-order valence-corrected chi connectivity index (χ0v) is 9.27. The second-order valence-electron chi connectivity index (χ2n) is 3.75. The number of nitrogens with zero attached hydrogens (tertiary/aromatic N) is 4. The van der Waals surface area contributed by atoms with Crippen LogP contribution in [0.1, 0.15) is 0 Å². The van der Waals surface area contributed by atoms with Crippen LogP contribution < -0.4 is 11.0 Å². The van der Waals surface area contributed by atoms with Crippen LogP contribution in [0, 0.1) is 0 Å². The summed E-state index contributed by atoms with van der Waals surface area (Å²) in [5, 5.41) is 13.4. The van der Waals surface area contributed by atoms with Gasteiger partial charge < -0.3 is 10.2 Å². The van der Waals surface area contributed by atoms with Gasteiger partial charge in [0.05, 0.1) is 0 Å². The molecule has 7 nitrogen and oxygen atoms in total. The Hall–Kier alpha value is -1.89. The maximum absolute atomic E-state index is 11.3. The Kier molecular flexibility index (Phi) is 2.86. The molecule has 0 amide bonds. The average molecular weight is 222 g/mol. The van der Waals surface area contributed by atoms with Gasteiger partial charge in [-0.1, -0.05) is 0 Å². The van der Waals surface area contributed by atoms with Crippen LogP contribution in [0.15, 0.2) is 16.9 Å². The highest BCUT2D eigenvalue weighted by Gasteiger charge is 2.01. The van der Waals surface area contributed by atoms with Gasteiger partial charge in [-0.05, 0) is 26.2 Å². The molecule has 2 aromatic heterocycles. The molecule has 0 atom stereocenters. The van der Waals surface area contributed by atoms with E-state index in [2.05, 4.69) is 25.5 Å². The number of likely N-dealkylation sites (N-methyl/N-ethyl adjacent to an activating group) is 1. The van der Waals surface area contributed by atoms with E-state index < -0.39 is 0 Å². The molecule has 0 fully saturated rings. The number of H-pyrrole nitrogens is 1. The van der Waals surface area contributed by atoms with E-state index in [0.717, 1.165) is 13.1 Å². The average Bonchev–Trinajstić information content (AvgIpc) is 2.60. The standard InChI is InChI=1S/C9H14N6O/c1-14(2)6-5-10-7-3-4-8-11-12-9(16)15(8)13-7/h3-4H,5-6H2,1-2H3,(H,10,13)(H,12,16). The predicted octanol–water partition coefficient (Wildman–Crippen LogP) is -0.609. The van der Waals surface area contributed by atoms with Crippen LogP contribution in [0.4, 0.5) is 5.82 Å². The third-order valence-corrected chi connectivity index (χ3v) is 2.14. The van der Waals surface area contributed by atoms with Gasteiger partial charge in [0.1, 0.15) is 5.82 Å². The fraction of sp³-hybridized carbons (Fsp3) is 0.444. The lowest BCUT2D eigenvalue weighted by Gasteiger charge is -2.10. The monoisotopic (exact) mass is 222 g/mol. The normalized spacial score (nSPS) is 11.2. The minimum absolute atomic E-state index is 0.328. The first-order valence-electron chi connectivity index (χ1n) is 5.00. The number of nitrogens with one attached hydrogen (secondary N) is 2. The number of anilines is 1. The summed E-state index contributed by atoms with van der Waals surface area (Å²) in [6, 6.07) is 3.54. The van der Waals surface area contributed by atoms with Gasteiger partial charge in [0.2, 0.25) is 0 Å². The molecular weight excluding hydrogens is 208 g/mol. The number of fused-ring (bicyclic) bond motifs is 1. The number of aromatic amines is 1. The van der Waals surface area contributed by atoms with Crippen LogP contribution >= 0.6 is 0 Å². The van der Waals surface area contributed by atoms with Gasteiger partial charge in [0, 0.05) is 13.1 Å². The van der Waals surface area contributed by atoms with Crippen LogP contribution in [0.3, 0.4) is 0 Å². The number of aromatic nitrogens is 4. The molecule has 86 valence electrons. The van der Waals surface area contributed by atoms with Crippen molar-refractivity contribution < 1.29 is 0 Å². The summed E-state index contributed by atoms with van der Waals surface area (Å²) >= 11 is 0. The van der Waals surface area contributed by atoms with Gasteiger partial charge in [0.25, 0.3) is 0 Å². The third-order valence-electron chi connectivity index (χ3n) is 2.14. The molecule has 0 aromatic carbocycles. The van der Waals surface area contributed by atoms with Crippen molar-refractivity contribution in [2.45, 2.75) is 0 Å². The smallest absolute Gasteiger partial charge is 0.364 e. The van der Waals surface area contributed by atoms with E-state index in [1.165, 1.54) is 4.52 Å². The zero-order chi connectivity index (χ0) is 11.5. The summed E-state index contributed by atoms with van der Waals surface area (Å²) in [5.41, 5.74) is 0.189. The van der Waals surface area contributed by atoms with Crippen molar-refractivity contribution in [3.8, 4) is 0 Å². The van der Waals surface area contributed by atoms with Gasteiger partial charge in [-0.3, -0.25) is 0 Å². The van der Waals surface area contributed by atoms with E-state index in [9.17, 15) is 4.79 Å². The van der Waals surface area contributed by atoms with Crippen LogP contribution in [-0.2, 0) is 0 Å². The Labute approximate surface area is 92.1 Å². The first-order chi connectivity index (χ1) is 7.66. The lowest BCUT2D eigenvalue weighted by Crippen LogP contribution is -2.22. The topological polar surface area (TPSA) is 78.3 Å². The maximum atomic E-state index is 11.3. The van der Waals surface area contributed by atoms with Crippen molar-refractivity contribution in [3.05, 3.63) is 22.6 Å². The molecule has 0 aliphatic rings. The van der Waals surface area contributed by atoms with Crippen LogP contribution in [0.2, 0.25) is 0 Å². The number of hydrogen-bond acceptors (Lipinski definition) is 5. The molecule has 7 heteroatoms. The van der Waals surface area contributed by atoms with Crippen molar-refractivity contribution in [3.63, 3.8) is 0 Å². The summed E-state index contributed by atoms with van der Waals surface area (Å²) in [4.78, 5) is 13.3. The van der Waals surface area contributed by atoms with E-state index >= 15 is 0 Å². The summed E-state index contributed by atoms with van der Waals surface area (Å²) in [6.07, 6.45) is 0. The SMILES string of the molecule is CN(C)CCNc1ccc2n[nH]c(=O)n2n1. The summed E-state index contributed by atoms with van der Waals surface area (Å²) in [5.74, 6) is 0.665. The van der Waals surface area contributed by atoms with E-state index in [1.54, 1.807) is 12.1 Å². The lowest BCUT2D eigenvalue weighted by atomic mass is 10.5. The molecule has 0 saturated heterocycles. The maximum Gasteiger partial charge on any atom is 0.364 e. The molecule has 0 bridgehead atoms. The third kappa shape index (κ3) is 2.19. The lowest BCUT2D eigenvalue weighted by molar-refractivity contribution is 0.425. The molecule has 0 aliphatic carbocycles. The summed E-state index contributed by atoms with van der Waals surface area (Å²) in [6.45, 7) is 1.68. The largest absolute Gasteiger partial charge is 0.367 e. The Morgan fingerprint density at radius 3 is 3.06 bits per heavy atom. The molecular formula is C9H14N6O. The van der Waals surface area contributed by atoms with Crippen LogP contribution in [0.5, 0.6) is 0 Å². The van der Waals surface area contributed by atoms with Crippen LogP contribution in [-0.4, -0.2) is 51.9 Å². The molecule has 2 N–H and O–H groups in total. The molecule has 0 radical (unpaired) electrons. The molecule has 2 aromatic rings. The minimum Gasteiger partial charge on any atom is -0.367 e. The molecule has 2 heterocycles. The number of hydrogen-bond donors (Lipinski definition) is 2.